The van der Waals surface area contributed by atoms with Crippen LogP contribution in [0.2, 0.25) is 0 Å². The predicted octanol–water partition coefficient (Wildman–Crippen LogP) is 1.70. The number of carbonyl (C=O) groups is 5. The molecule has 3 aromatic rings. The number of nitrogens with one attached hydrogen (secondary N) is 4. The van der Waals surface area contributed by atoms with Crippen molar-refractivity contribution in [3.8, 4) is 0 Å². The lowest BCUT2D eigenvalue weighted by molar-refractivity contribution is -0.146. The average molecular weight is 606 g/mol. The van der Waals surface area contributed by atoms with Crippen LogP contribution >= 0.6 is 0 Å². The molecule has 0 bridgehead atoms. The minimum atomic E-state index is -1.56. The van der Waals surface area contributed by atoms with Gasteiger partial charge in [0.25, 0.3) is 0 Å². The lowest BCUT2D eigenvalue weighted by Gasteiger charge is -2.38. The third-order valence-corrected chi connectivity index (χ3v) is 7.71. The lowest BCUT2D eigenvalue weighted by Crippen LogP contribution is -2.63. The largest absolute Gasteiger partial charge is 0.481 e. The Labute approximate surface area is 255 Å². The number of carboxylic acids is 2. The fourth-order valence-corrected chi connectivity index (χ4v) is 5.55. The van der Waals surface area contributed by atoms with Crippen molar-refractivity contribution in [3.05, 3.63) is 71.9 Å². The summed E-state index contributed by atoms with van der Waals surface area (Å²) in [5.74, 6) is -4.60. The normalized spacial score (nSPS) is 17.2. The van der Waals surface area contributed by atoms with E-state index in [0.29, 0.717) is 13.0 Å². The van der Waals surface area contributed by atoms with Gasteiger partial charge in [-0.3, -0.25) is 19.2 Å². The summed E-state index contributed by atoms with van der Waals surface area (Å²) in [5.41, 5.74) is 2.57. The Morgan fingerprint density at radius 2 is 1.64 bits per heavy atom. The quantitative estimate of drug-likeness (QED) is 0.161. The molecular weight excluding hydrogens is 566 g/mol. The smallest absolute Gasteiger partial charge is 0.326 e. The van der Waals surface area contributed by atoms with Gasteiger partial charge >= 0.3 is 11.9 Å². The van der Waals surface area contributed by atoms with Gasteiger partial charge in [-0.25, -0.2) is 4.79 Å². The molecule has 3 amide bonds. The molecule has 234 valence electrons. The van der Waals surface area contributed by atoms with E-state index in [1.807, 2.05) is 54.6 Å². The van der Waals surface area contributed by atoms with Crippen LogP contribution in [0.5, 0.6) is 0 Å². The number of amides is 3. The van der Waals surface area contributed by atoms with Crippen LogP contribution in [0.15, 0.2) is 60.8 Å². The number of para-hydroxylation sites is 1. The molecule has 4 unspecified atom stereocenters. The monoisotopic (exact) mass is 605 g/mol. The van der Waals surface area contributed by atoms with E-state index in [2.05, 4.69) is 20.9 Å². The molecule has 0 spiro atoms. The van der Waals surface area contributed by atoms with E-state index in [1.165, 1.54) is 4.90 Å². The van der Waals surface area contributed by atoms with E-state index in [4.69, 9.17) is 0 Å². The van der Waals surface area contributed by atoms with Crippen molar-refractivity contribution in [2.45, 2.75) is 63.7 Å². The predicted molar refractivity (Wildman–Crippen MR) is 163 cm³/mol. The van der Waals surface area contributed by atoms with Gasteiger partial charge in [0.2, 0.25) is 17.7 Å². The molecule has 0 aliphatic carbocycles. The van der Waals surface area contributed by atoms with Crippen LogP contribution in [0.25, 0.3) is 10.9 Å². The molecule has 2 heterocycles. The molecule has 12 nitrogen and oxygen atoms in total. The number of hydrogen-bond acceptors (Lipinski definition) is 6. The fourth-order valence-electron chi connectivity index (χ4n) is 5.55. The van der Waals surface area contributed by atoms with Crippen molar-refractivity contribution < 1.29 is 34.2 Å². The van der Waals surface area contributed by atoms with E-state index >= 15 is 0 Å². The summed E-state index contributed by atoms with van der Waals surface area (Å²) in [6.45, 7) is 4.23. The molecule has 1 aliphatic heterocycles. The highest BCUT2D eigenvalue weighted by Gasteiger charge is 2.39. The molecule has 4 atom stereocenters. The Morgan fingerprint density at radius 1 is 0.955 bits per heavy atom. The Kier molecular flexibility index (Phi) is 10.7. The second-order valence-electron chi connectivity index (χ2n) is 11.5. The number of H-pyrrole nitrogens is 1. The summed E-state index contributed by atoms with van der Waals surface area (Å²) in [6.07, 6.45) is 1.64. The second-order valence-corrected chi connectivity index (χ2v) is 11.5. The van der Waals surface area contributed by atoms with Crippen molar-refractivity contribution >= 4 is 40.6 Å². The number of aliphatic carboxylic acids is 2. The minimum Gasteiger partial charge on any atom is -0.481 e. The molecule has 12 heteroatoms. The van der Waals surface area contributed by atoms with Crippen molar-refractivity contribution in [2.24, 2.45) is 5.92 Å². The summed E-state index contributed by atoms with van der Waals surface area (Å²) in [6, 6.07) is 12.6. The van der Waals surface area contributed by atoms with E-state index in [0.717, 1.165) is 22.0 Å². The number of fused-ring (bicyclic) bond motifs is 1. The van der Waals surface area contributed by atoms with Gasteiger partial charge in [-0.1, -0.05) is 62.4 Å². The Hall–Kier alpha value is -4.71. The summed E-state index contributed by atoms with van der Waals surface area (Å²) in [7, 11) is 0. The molecule has 1 aromatic heterocycles. The number of carboxylic acid groups (broad SMARTS) is 2. The summed E-state index contributed by atoms with van der Waals surface area (Å²) >= 11 is 0. The highest BCUT2D eigenvalue weighted by atomic mass is 16.4. The van der Waals surface area contributed by atoms with Gasteiger partial charge in [0.05, 0.1) is 12.5 Å². The first-order valence-corrected chi connectivity index (χ1v) is 14.7. The second kappa shape index (κ2) is 14.6. The van der Waals surface area contributed by atoms with Gasteiger partial charge in [-0.15, -0.1) is 0 Å². The Morgan fingerprint density at radius 3 is 2.32 bits per heavy atom. The van der Waals surface area contributed by atoms with Crippen molar-refractivity contribution in [3.63, 3.8) is 0 Å². The van der Waals surface area contributed by atoms with Gasteiger partial charge in [-0.2, -0.15) is 0 Å². The third-order valence-electron chi connectivity index (χ3n) is 7.71. The van der Waals surface area contributed by atoms with Crippen molar-refractivity contribution in [1.29, 1.82) is 0 Å². The summed E-state index contributed by atoms with van der Waals surface area (Å²) in [4.78, 5) is 69.1. The van der Waals surface area contributed by atoms with E-state index in [1.54, 1.807) is 20.0 Å². The van der Waals surface area contributed by atoms with Gasteiger partial charge in [-0.05, 0) is 36.0 Å². The van der Waals surface area contributed by atoms with Gasteiger partial charge < -0.3 is 36.0 Å². The molecule has 4 rings (SSSR count). The molecule has 2 aromatic carbocycles. The van der Waals surface area contributed by atoms with Crippen LogP contribution in [-0.4, -0.2) is 87.0 Å². The van der Waals surface area contributed by atoms with Crippen molar-refractivity contribution in [1.82, 2.24) is 25.8 Å². The zero-order valence-corrected chi connectivity index (χ0v) is 24.8. The number of hydrogen-bond donors (Lipinski definition) is 6. The SMILES string of the molecule is CC(C)CC(NC(=O)C(CC(=O)O)NC(=O)C(Cc1c[nH]c2ccccc12)N1CCNC(Cc2ccccc2)C1=O)C(=O)O. The fraction of sp³-hybridized carbons (Fsp3) is 0.406. The number of rotatable bonds is 14. The number of benzene rings is 2. The standard InChI is InChI=1S/C32H39N5O7/c1-19(2)14-26(32(43)44)36-29(40)24(17-28(38)39)35-30(41)27(16-21-18-34-23-11-7-6-10-22(21)23)37-13-12-33-25(31(37)42)15-20-8-4-3-5-9-20/h3-11,18-19,24-27,33-34H,12-17H2,1-2H3,(H,35,41)(H,36,40)(H,38,39)(H,43,44). The van der Waals surface area contributed by atoms with Gasteiger partial charge in [0.1, 0.15) is 18.1 Å². The first kappa shape index (κ1) is 32.2. The van der Waals surface area contributed by atoms with E-state index in [9.17, 15) is 34.2 Å². The highest BCUT2D eigenvalue weighted by molar-refractivity contribution is 5.96. The van der Waals surface area contributed by atoms with Crippen LogP contribution in [0.4, 0.5) is 0 Å². The van der Waals surface area contributed by atoms with Crippen molar-refractivity contribution in [2.75, 3.05) is 13.1 Å². The highest BCUT2D eigenvalue weighted by Crippen LogP contribution is 2.22. The van der Waals surface area contributed by atoms with E-state index < -0.39 is 54.3 Å². The Balaban J connectivity index is 1.62. The molecule has 1 saturated heterocycles. The minimum absolute atomic E-state index is 0.0629. The molecule has 44 heavy (non-hydrogen) atoms. The molecular formula is C32H39N5O7. The van der Waals surface area contributed by atoms with Gasteiger partial charge in [0.15, 0.2) is 0 Å². The van der Waals surface area contributed by atoms with Crippen LogP contribution < -0.4 is 16.0 Å². The maximum absolute atomic E-state index is 14.0. The molecule has 6 N–H and O–H groups in total. The topological polar surface area (TPSA) is 181 Å². The van der Waals surface area contributed by atoms with Crippen LogP contribution in [0, 0.1) is 5.92 Å². The number of piperazine rings is 1. The molecule has 0 radical (unpaired) electrons. The Bertz CT molecular complexity index is 1490. The average Bonchev–Trinajstić information content (AvgIpc) is 3.39. The lowest BCUT2D eigenvalue weighted by atomic mass is 9.98. The third kappa shape index (κ3) is 8.22. The maximum Gasteiger partial charge on any atom is 0.326 e. The van der Waals surface area contributed by atoms with Gasteiger partial charge in [0, 0.05) is 36.6 Å². The number of carbonyl (C=O) groups excluding carboxylic acids is 3. The first-order chi connectivity index (χ1) is 21.0. The first-order valence-electron chi connectivity index (χ1n) is 14.7. The summed E-state index contributed by atoms with van der Waals surface area (Å²) in [5, 5.41) is 28.2. The zero-order valence-electron chi connectivity index (χ0n) is 24.8. The number of aromatic amines is 1. The zero-order chi connectivity index (χ0) is 31.8. The molecule has 1 aliphatic rings. The number of aromatic nitrogens is 1. The van der Waals surface area contributed by atoms with Crippen LogP contribution in [0.1, 0.15) is 37.8 Å². The van der Waals surface area contributed by atoms with Crippen LogP contribution in [0.3, 0.4) is 0 Å². The van der Waals surface area contributed by atoms with E-state index in [-0.39, 0.29) is 31.2 Å². The molecule has 1 fully saturated rings. The summed E-state index contributed by atoms with van der Waals surface area (Å²) < 4.78 is 0. The van der Waals surface area contributed by atoms with Crippen LogP contribution in [-0.2, 0) is 36.8 Å². The maximum atomic E-state index is 14.0. The molecule has 0 saturated carbocycles. The number of nitrogens with zero attached hydrogens (tertiary/aromatic N) is 1.